The van der Waals surface area contributed by atoms with E-state index in [1.165, 1.54) is 0 Å². The van der Waals surface area contributed by atoms with Gasteiger partial charge in [0.2, 0.25) is 5.91 Å². The molecule has 1 amide bonds. The smallest absolute Gasteiger partial charge is 0.230 e. The number of anilines is 1. The van der Waals surface area contributed by atoms with Gasteiger partial charge in [0.25, 0.3) is 0 Å². The van der Waals surface area contributed by atoms with E-state index in [4.69, 9.17) is 4.74 Å². The fraction of sp³-hybridized carbons (Fsp3) is 0.533. The average molecular weight is 249 g/mol. The van der Waals surface area contributed by atoms with E-state index in [-0.39, 0.29) is 17.4 Å². The molecule has 0 aliphatic carbocycles. The van der Waals surface area contributed by atoms with Gasteiger partial charge in [-0.1, -0.05) is 20.8 Å². The summed E-state index contributed by atoms with van der Waals surface area (Å²) in [4.78, 5) is 12.0. The first kappa shape index (κ1) is 14.6. The van der Waals surface area contributed by atoms with Crippen LogP contribution in [-0.2, 0) is 4.79 Å². The molecule has 0 bridgehead atoms. The van der Waals surface area contributed by atoms with Crippen molar-refractivity contribution in [3.63, 3.8) is 0 Å². The molecule has 0 aliphatic heterocycles. The number of ether oxygens (including phenoxy) is 1. The zero-order chi connectivity index (χ0) is 13.8. The van der Waals surface area contributed by atoms with E-state index in [9.17, 15) is 4.79 Å². The fourth-order valence-corrected chi connectivity index (χ4v) is 1.35. The van der Waals surface area contributed by atoms with Gasteiger partial charge in [0.1, 0.15) is 5.75 Å². The molecule has 0 radical (unpaired) electrons. The molecule has 0 heterocycles. The van der Waals surface area contributed by atoms with Crippen LogP contribution in [0.25, 0.3) is 0 Å². The van der Waals surface area contributed by atoms with E-state index < -0.39 is 0 Å². The van der Waals surface area contributed by atoms with Crippen molar-refractivity contribution in [1.82, 2.24) is 0 Å². The Morgan fingerprint density at radius 1 is 1.28 bits per heavy atom. The van der Waals surface area contributed by atoms with Crippen molar-refractivity contribution in [2.24, 2.45) is 5.41 Å². The fourth-order valence-electron chi connectivity index (χ4n) is 1.35. The molecule has 1 N–H and O–H groups in total. The molecule has 0 unspecified atom stereocenters. The Bertz CT molecular complexity index is 393. The molecule has 1 aromatic carbocycles. The summed E-state index contributed by atoms with van der Waals surface area (Å²) in [5, 5.41) is 2.92. The molecule has 0 fully saturated rings. The first-order valence-electron chi connectivity index (χ1n) is 6.43. The Morgan fingerprint density at radius 2 is 1.83 bits per heavy atom. The standard InChI is InChI=1S/C15H23NO2/c1-6-15(4,5)14(17)16-12-7-9-13(10-8-12)18-11(2)3/h7-11H,6H2,1-5H3,(H,16,17). The van der Waals surface area contributed by atoms with Crippen LogP contribution >= 0.6 is 0 Å². The van der Waals surface area contributed by atoms with Crippen LogP contribution in [0.3, 0.4) is 0 Å². The van der Waals surface area contributed by atoms with E-state index >= 15 is 0 Å². The topological polar surface area (TPSA) is 38.3 Å². The van der Waals surface area contributed by atoms with Gasteiger partial charge in [-0.15, -0.1) is 0 Å². The number of carbonyl (C=O) groups excluding carboxylic acids is 1. The van der Waals surface area contributed by atoms with Gasteiger partial charge in [0, 0.05) is 11.1 Å². The van der Waals surface area contributed by atoms with Gasteiger partial charge in [-0.3, -0.25) is 4.79 Å². The number of hydrogen-bond acceptors (Lipinski definition) is 2. The second-order valence-corrected chi connectivity index (χ2v) is 5.38. The number of carbonyl (C=O) groups is 1. The molecular weight excluding hydrogens is 226 g/mol. The highest BCUT2D eigenvalue weighted by Gasteiger charge is 2.25. The maximum absolute atomic E-state index is 12.0. The van der Waals surface area contributed by atoms with Gasteiger partial charge in [-0.05, 0) is 44.5 Å². The highest BCUT2D eigenvalue weighted by atomic mass is 16.5. The maximum atomic E-state index is 12.0. The van der Waals surface area contributed by atoms with Crippen LogP contribution < -0.4 is 10.1 Å². The van der Waals surface area contributed by atoms with E-state index in [0.717, 1.165) is 17.9 Å². The summed E-state index contributed by atoms with van der Waals surface area (Å²) in [5.41, 5.74) is 0.463. The monoisotopic (exact) mass is 249 g/mol. The van der Waals surface area contributed by atoms with E-state index in [0.29, 0.717) is 0 Å². The quantitative estimate of drug-likeness (QED) is 0.860. The lowest BCUT2D eigenvalue weighted by Crippen LogP contribution is -2.29. The predicted molar refractivity (Wildman–Crippen MR) is 74.9 cm³/mol. The van der Waals surface area contributed by atoms with Gasteiger partial charge in [-0.25, -0.2) is 0 Å². The molecular formula is C15H23NO2. The van der Waals surface area contributed by atoms with Gasteiger partial charge in [0.15, 0.2) is 0 Å². The minimum absolute atomic E-state index is 0.0440. The van der Waals surface area contributed by atoms with Crippen LogP contribution in [0.1, 0.15) is 41.0 Å². The largest absolute Gasteiger partial charge is 0.491 e. The van der Waals surface area contributed by atoms with Gasteiger partial charge >= 0.3 is 0 Å². The lowest BCUT2D eigenvalue weighted by molar-refractivity contribution is -0.124. The van der Waals surface area contributed by atoms with Gasteiger partial charge < -0.3 is 10.1 Å². The minimum atomic E-state index is -0.340. The predicted octanol–water partition coefficient (Wildman–Crippen LogP) is 3.85. The zero-order valence-corrected chi connectivity index (χ0v) is 11.9. The molecule has 0 aliphatic rings. The SMILES string of the molecule is CCC(C)(C)C(=O)Nc1ccc(OC(C)C)cc1. The Balaban J connectivity index is 2.67. The van der Waals surface area contributed by atoms with Crippen LogP contribution in [0.5, 0.6) is 5.75 Å². The molecule has 0 atom stereocenters. The third-order valence-electron chi connectivity index (χ3n) is 2.98. The number of benzene rings is 1. The highest BCUT2D eigenvalue weighted by Crippen LogP contribution is 2.23. The molecule has 100 valence electrons. The number of nitrogens with one attached hydrogen (secondary N) is 1. The summed E-state index contributed by atoms with van der Waals surface area (Å²) >= 11 is 0. The molecule has 3 nitrogen and oxygen atoms in total. The molecule has 0 saturated carbocycles. The summed E-state index contributed by atoms with van der Waals surface area (Å²) in [6.45, 7) is 9.87. The number of rotatable bonds is 5. The second-order valence-electron chi connectivity index (χ2n) is 5.38. The molecule has 1 aromatic rings. The lowest BCUT2D eigenvalue weighted by atomic mass is 9.89. The van der Waals surface area contributed by atoms with E-state index in [2.05, 4.69) is 5.32 Å². The third kappa shape index (κ3) is 4.06. The first-order valence-corrected chi connectivity index (χ1v) is 6.43. The second kappa shape index (κ2) is 5.89. The summed E-state index contributed by atoms with van der Waals surface area (Å²) < 4.78 is 5.55. The summed E-state index contributed by atoms with van der Waals surface area (Å²) in [7, 11) is 0. The van der Waals surface area contributed by atoms with E-state index in [1.807, 2.05) is 58.9 Å². The summed E-state index contributed by atoms with van der Waals surface area (Å²) in [5.74, 6) is 0.861. The Morgan fingerprint density at radius 3 is 2.28 bits per heavy atom. The Hall–Kier alpha value is -1.51. The van der Waals surface area contributed by atoms with Crippen LogP contribution in [-0.4, -0.2) is 12.0 Å². The first-order chi connectivity index (χ1) is 8.35. The Kier molecular flexibility index (Phi) is 4.76. The van der Waals surface area contributed by atoms with Crippen LogP contribution in [0.4, 0.5) is 5.69 Å². The van der Waals surface area contributed by atoms with Crippen molar-refractivity contribution in [1.29, 1.82) is 0 Å². The molecule has 0 aromatic heterocycles. The van der Waals surface area contributed by atoms with Crippen molar-refractivity contribution < 1.29 is 9.53 Å². The summed E-state index contributed by atoms with van der Waals surface area (Å²) in [6.07, 6.45) is 0.970. The van der Waals surface area contributed by atoms with Gasteiger partial charge in [-0.2, -0.15) is 0 Å². The number of amides is 1. The average Bonchev–Trinajstić information content (AvgIpc) is 2.31. The van der Waals surface area contributed by atoms with Crippen molar-refractivity contribution in [3.8, 4) is 5.75 Å². The van der Waals surface area contributed by atoms with Gasteiger partial charge in [0.05, 0.1) is 6.10 Å². The molecule has 1 rings (SSSR count). The Labute approximate surface area is 110 Å². The zero-order valence-electron chi connectivity index (χ0n) is 11.9. The number of hydrogen-bond donors (Lipinski definition) is 1. The molecule has 0 saturated heterocycles. The van der Waals surface area contributed by atoms with Crippen LogP contribution in [0.15, 0.2) is 24.3 Å². The van der Waals surface area contributed by atoms with Crippen molar-refractivity contribution in [2.75, 3.05) is 5.32 Å². The van der Waals surface area contributed by atoms with E-state index in [1.54, 1.807) is 0 Å². The van der Waals surface area contributed by atoms with Crippen LogP contribution in [0, 0.1) is 5.41 Å². The molecule has 0 spiro atoms. The normalized spacial score (nSPS) is 11.4. The van der Waals surface area contributed by atoms with Crippen molar-refractivity contribution in [3.05, 3.63) is 24.3 Å². The highest BCUT2D eigenvalue weighted by molar-refractivity contribution is 5.94. The van der Waals surface area contributed by atoms with Crippen molar-refractivity contribution in [2.45, 2.75) is 47.1 Å². The molecule has 18 heavy (non-hydrogen) atoms. The lowest BCUT2D eigenvalue weighted by Gasteiger charge is -2.21. The van der Waals surface area contributed by atoms with Crippen molar-refractivity contribution >= 4 is 11.6 Å². The minimum Gasteiger partial charge on any atom is -0.491 e. The third-order valence-corrected chi connectivity index (χ3v) is 2.98. The summed E-state index contributed by atoms with van der Waals surface area (Å²) in [6, 6.07) is 7.46. The van der Waals surface area contributed by atoms with Crippen LogP contribution in [0.2, 0.25) is 0 Å². The maximum Gasteiger partial charge on any atom is 0.230 e. The molecule has 3 heteroatoms.